The van der Waals surface area contributed by atoms with Gasteiger partial charge in [-0.15, -0.1) is 0 Å². The fraction of sp³-hybridized carbons (Fsp3) is 0.409. The monoisotopic (exact) mass is 402 g/mol. The lowest BCUT2D eigenvalue weighted by molar-refractivity contribution is -0.121. The van der Waals surface area contributed by atoms with E-state index >= 15 is 0 Å². The van der Waals surface area contributed by atoms with Gasteiger partial charge < -0.3 is 5.32 Å². The van der Waals surface area contributed by atoms with Gasteiger partial charge in [0.15, 0.2) is 0 Å². The average Bonchev–Trinajstić information content (AvgIpc) is 2.63. The van der Waals surface area contributed by atoms with Crippen molar-refractivity contribution in [3.63, 3.8) is 0 Å². The Morgan fingerprint density at radius 3 is 2.46 bits per heavy atom. The number of hydrogen-bond donors (Lipinski definition) is 1. The lowest BCUT2D eigenvalue weighted by Gasteiger charge is -2.23. The predicted molar refractivity (Wildman–Crippen MR) is 115 cm³/mol. The number of carbonyl (C=O) groups excluding carboxylic acids is 1. The Morgan fingerprint density at radius 1 is 1.11 bits per heavy atom. The molecule has 0 aliphatic carbocycles. The third kappa shape index (κ3) is 7.35. The van der Waals surface area contributed by atoms with E-state index in [4.69, 9.17) is 0 Å². The quantitative estimate of drug-likeness (QED) is 0.659. The van der Waals surface area contributed by atoms with Crippen molar-refractivity contribution in [2.45, 2.75) is 45.6 Å². The summed E-state index contributed by atoms with van der Waals surface area (Å²) >= 11 is 0. The molecule has 2 rings (SSSR count). The summed E-state index contributed by atoms with van der Waals surface area (Å²) in [5.74, 6) is -0.0433. The van der Waals surface area contributed by atoms with E-state index in [1.807, 2.05) is 50.2 Å². The second-order valence-corrected chi connectivity index (χ2v) is 9.18. The molecule has 2 aromatic rings. The molecule has 5 nitrogen and oxygen atoms in total. The number of sulfonamides is 1. The number of benzene rings is 2. The van der Waals surface area contributed by atoms with Gasteiger partial charge in [-0.3, -0.25) is 9.10 Å². The number of amides is 1. The molecule has 0 aliphatic rings. The molecule has 0 aliphatic heterocycles. The zero-order valence-electron chi connectivity index (χ0n) is 16.9. The van der Waals surface area contributed by atoms with Crippen LogP contribution in [0.25, 0.3) is 0 Å². The Labute approximate surface area is 168 Å². The summed E-state index contributed by atoms with van der Waals surface area (Å²) in [5, 5.41) is 3.00. The fourth-order valence-electron chi connectivity index (χ4n) is 3.10. The SMILES string of the molecule is Cc1cccc(N(CCCC(=O)N[C@@H](C)CCc2ccccc2)S(C)(=O)=O)c1. The zero-order valence-corrected chi connectivity index (χ0v) is 17.7. The Bertz CT molecular complexity index is 866. The second kappa shape index (κ2) is 10.3. The topological polar surface area (TPSA) is 66.5 Å². The average molecular weight is 403 g/mol. The number of anilines is 1. The van der Waals surface area contributed by atoms with Crippen molar-refractivity contribution >= 4 is 21.6 Å². The van der Waals surface area contributed by atoms with E-state index in [-0.39, 0.29) is 18.5 Å². The Morgan fingerprint density at radius 2 is 1.82 bits per heavy atom. The standard InChI is InChI=1S/C22H30N2O3S/c1-18-9-7-12-21(17-18)24(28(3,26)27)16-8-13-22(25)23-19(2)14-15-20-10-5-4-6-11-20/h4-7,9-12,17,19H,8,13-16H2,1-3H3,(H,23,25)/t19-/m0/s1. The van der Waals surface area contributed by atoms with Gasteiger partial charge in [0.2, 0.25) is 15.9 Å². The largest absolute Gasteiger partial charge is 0.354 e. The molecule has 6 heteroatoms. The number of aryl methyl sites for hydroxylation is 2. The summed E-state index contributed by atoms with van der Waals surface area (Å²) in [6, 6.07) is 17.6. The first-order valence-electron chi connectivity index (χ1n) is 9.63. The maximum absolute atomic E-state index is 12.2. The van der Waals surface area contributed by atoms with E-state index in [2.05, 4.69) is 17.4 Å². The number of hydrogen-bond acceptors (Lipinski definition) is 3. The highest BCUT2D eigenvalue weighted by Gasteiger charge is 2.18. The highest BCUT2D eigenvalue weighted by Crippen LogP contribution is 2.19. The van der Waals surface area contributed by atoms with Crippen LogP contribution in [0.1, 0.15) is 37.3 Å². The summed E-state index contributed by atoms with van der Waals surface area (Å²) in [4.78, 5) is 12.2. The second-order valence-electron chi connectivity index (χ2n) is 7.27. The summed E-state index contributed by atoms with van der Waals surface area (Å²) in [7, 11) is -3.39. The highest BCUT2D eigenvalue weighted by atomic mass is 32.2. The summed E-state index contributed by atoms with van der Waals surface area (Å²) in [6.07, 6.45) is 3.75. The zero-order chi connectivity index (χ0) is 20.6. The van der Waals surface area contributed by atoms with Gasteiger partial charge in [-0.05, 0) is 56.4 Å². The molecule has 0 spiro atoms. The van der Waals surface area contributed by atoms with E-state index in [0.717, 1.165) is 18.4 Å². The van der Waals surface area contributed by atoms with E-state index in [9.17, 15) is 13.2 Å². The first-order valence-corrected chi connectivity index (χ1v) is 11.5. The minimum absolute atomic E-state index is 0.0433. The third-order valence-corrected chi connectivity index (χ3v) is 5.77. The van der Waals surface area contributed by atoms with Crippen LogP contribution in [-0.2, 0) is 21.2 Å². The molecule has 28 heavy (non-hydrogen) atoms. The minimum atomic E-state index is -3.39. The number of carbonyl (C=O) groups is 1. The lowest BCUT2D eigenvalue weighted by Crippen LogP contribution is -2.35. The van der Waals surface area contributed by atoms with E-state index in [0.29, 0.717) is 18.5 Å². The molecule has 0 bridgehead atoms. The normalized spacial score (nSPS) is 12.4. The number of rotatable bonds is 10. The molecule has 0 fully saturated rings. The molecule has 0 heterocycles. The van der Waals surface area contributed by atoms with Gasteiger partial charge in [0.1, 0.15) is 0 Å². The molecule has 0 unspecified atom stereocenters. The molecule has 1 amide bonds. The van der Waals surface area contributed by atoms with Gasteiger partial charge >= 0.3 is 0 Å². The van der Waals surface area contributed by atoms with Crippen molar-refractivity contribution in [2.24, 2.45) is 0 Å². The van der Waals surface area contributed by atoms with Crippen molar-refractivity contribution in [2.75, 3.05) is 17.1 Å². The molecular weight excluding hydrogens is 372 g/mol. The lowest BCUT2D eigenvalue weighted by atomic mass is 10.1. The molecule has 0 saturated carbocycles. The Hall–Kier alpha value is -2.34. The van der Waals surface area contributed by atoms with Crippen LogP contribution in [0.2, 0.25) is 0 Å². The van der Waals surface area contributed by atoms with Crippen LogP contribution in [-0.4, -0.2) is 33.2 Å². The molecule has 1 N–H and O–H groups in total. The molecule has 152 valence electrons. The van der Waals surface area contributed by atoms with Gasteiger partial charge in [0.05, 0.1) is 11.9 Å². The molecular formula is C22H30N2O3S. The highest BCUT2D eigenvalue weighted by molar-refractivity contribution is 7.92. The summed E-state index contributed by atoms with van der Waals surface area (Å²) < 4.78 is 25.7. The van der Waals surface area contributed by atoms with E-state index in [1.165, 1.54) is 16.1 Å². The molecule has 0 aromatic heterocycles. The van der Waals surface area contributed by atoms with Crippen LogP contribution in [0, 0.1) is 6.92 Å². The van der Waals surface area contributed by atoms with Crippen molar-refractivity contribution in [1.82, 2.24) is 5.32 Å². The molecule has 0 saturated heterocycles. The minimum Gasteiger partial charge on any atom is -0.354 e. The van der Waals surface area contributed by atoms with Gasteiger partial charge in [-0.2, -0.15) is 0 Å². The number of nitrogens with one attached hydrogen (secondary N) is 1. The van der Waals surface area contributed by atoms with Crippen molar-refractivity contribution < 1.29 is 13.2 Å². The van der Waals surface area contributed by atoms with Gasteiger partial charge in [-0.25, -0.2) is 8.42 Å². The Kier molecular flexibility index (Phi) is 8.05. The summed E-state index contributed by atoms with van der Waals surface area (Å²) in [5.41, 5.74) is 2.89. The first kappa shape index (κ1) is 22.0. The molecule has 2 aromatic carbocycles. The summed E-state index contributed by atoms with van der Waals surface area (Å²) in [6.45, 7) is 4.21. The first-order chi connectivity index (χ1) is 13.3. The predicted octanol–water partition coefficient (Wildman–Crippen LogP) is 3.68. The van der Waals surface area contributed by atoms with Crippen LogP contribution >= 0.6 is 0 Å². The Balaban J connectivity index is 1.80. The maximum atomic E-state index is 12.2. The van der Waals surface area contributed by atoms with Crippen LogP contribution in [0.4, 0.5) is 5.69 Å². The number of nitrogens with zero attached hydrogens (tertiary/aromatic N) is 1. The van der Waals surface area contributed by atoms with Gasteiger partial charge in [-0.1, -0.05) is 42.5 Å². The van der Waals surface area contributed by atoms with Crippen molar-refractivity contribution in [1.29, 1.82) is 0 Å². The van der Waals surface area contributed by atoms with Crippen LogP contribution < -0.4 is 9.62 Å². The van der Waals surface area contributed by atoms with Gasteiger partial charge in [0.25, 0.3) is 0 Å². The molecule has 1 atom stereocenters. The van der Waals surface area contributed by atoms with Crippen LogP contribution in [0.15, 0.2) is 54.6 Å². The van der Waals surface area contributed by atoms with E-state index in [1.54, 1.807) is 6.07 Å². The van der Waals surface area contributed by atoms with Gasteiger partial charge in [0, 0.05) is 19.0 Å². The van der Waals surface area contributed by atoms with Crippen molar-refractivity contribution in [3.05, 3.63) is 65.7 Å². The van der Waals surface area contributed by atoms with Crippen LogP contribution in [0.5, 0.6) is 0 Å². The van der Waals surface area contributed by atoms with E-state index < -0.39 is 10.0 Å². The third-order valence-electron chi connectivity index (χ3n) is 4.57. The smallest absolute Gasteiger partial charge is 0.232 e. The van der Waals surface area contributed by atoms with Crippen molar-refractivity contribution in [3.8, 4) is 0 Å². The maximum Gasteiger partial charge on any atom is 0.232 e. The fourth-order valence-corrected chi connectivity index (χ4v) is 4.06. The van der Waals surface area contributed by atoms with Crippen LogP contribution in [0.3, 0.4) is 0 Å². The molecule has 0 radical (unpaired) electrons.